The first kappa shape index (κ1) is 16.9. The van der Waals surface area contributed by atoms with E-state index < -0.39 is 5.97 Å². The molecule has 7 heteroatoms. The van der Waals surface area contributed by atoms with Crippen molar-refractivity contribution < 1.29 is 14.7 Å². The van der Waals surface area contributed by atoms with Gasteiger partial charge in [-0.3, -0.25) is 9.59 Å². The molecule has 0 saturated carbocycles. The number of hydrogen-bond donors (Lipinski definition) is 1. The molecule has 0 aliphatic rings. The van der Waals surface area contributed by atoms with E-state index in [9.17, 15) is 9.59 Å². The molecular formula is C13H16BrClN2O3. The van der Waals surface area contributed by atoms with Crippen LogP contribution in [0.1, 0.15) is 10.4 Å². The summed E-state index contributed by atoms with van der Waals surface area (Å²) in [6, 6.07) is 4.99. The van der Waals surface area contributed by atoms with Crippen molar-refractivity contribution in [2.24, 2.45) is 0 Å². The fourth-order valence-corrected chi connectivity index (χ4v) is 2.15. The van der Waals surface area contributed by atoms with Crippen molar-refractivity contribution in [3.05, 3.63) is 33.3 Å². The summed E-state index contributed by atoms with van der Waals surface area (Å²) in [6.45, 7) is 0.543. The topological polar surface area (TPSA) is 60.9 Å². The molecule has 0 aliphatic heterocycles. The van der Waals surface area contributed by atoms with Crippen LogP contribution in [0.4, 0.5) is 0 Å². The normalized spacial score (nSPS) is 10.7. The van der Waals surface area contributed by atoms with E-state index in [1.165, 1.54) is 4.90 Å². The van der Waals surface area contributed by atoms with Crippen LogP contribution in [0.25, 0.3) is 0 Å². The average molecular weight is 364 g/mol. The van der Waals surface area contributed by atoms with Crippen molar-refractivity contribution in [1.29, 1.82) is 0 Å². The number of nitrogens with zero attached hydrogens (tertiary/aromatic N) is 2. The molecule has 0 atom stereocenters. The zero-order valence-electron chi connectivity index (χ0n) is 11.3. The van der Waals surface area contributed by atoms with E-state index in [-0.39, 0.29) is 17.5 Å². The van der Waals surface area contributed by atoms with Crippen LogP contribution in [0.15, 0.2) is 22.7 Å². The second kappa shape index (κ2) is 7.61. The Kier molecular flexibility index (Phi) is 6.45. The Balaban J connectivity index is 2.97. The molecule has 0 aromatic heterocycles. The van der Waals surface area contributed by atoms with Gasteiger partial charge < -0.3 is 14.9 Å². The number of carbonyl (C=O) groups excluding carboxylic acids is 1. The molecule has 0 fully saturated rings. The maximum absolute atomic E-state index is 12.4. The lowest BCUT2D eigenvalue weighted by Crippen LogP contribution is -2.40. The largest absolute Gasteiger partial charge is 0.480 e. The maximum atomic E-state index is 12.4. The van der Waals surface area contributed by atoms with Crippen molar-refractivity contribution in [2.45, 2.75) is 0 Å². The van der Waals surface area contributed by atoms with Crippen LogP contribution in [-0.4, -0.2) is 60.5 Å². The number of amides is 1. The first-order valence-electron chi connectivity index (χ1n) is 5.92. The molecule has 0 saturated heterocycles. The summed E-state index contributed by atoms with van der Waals surface area (Å²) in [4.78, 5) is 26.5. The quantitative estimate of drug-likeness (QED) is 0.841. The van der Waals surface area contributed by atoms with Crippen molar-refractivity contribution in [3.63, 3.8) is 0 Å². The molecule has 110 valence electrons. The highest BCUT2D eigenvalue weighted by Crippen LogP contribution is 2.26. The van der Waals surface area contributed by atoms with Gasteiger partial charge in [0, 0.05) is 17.6 Å². The molecule has 0 heterocycles. The molecule has 1 amide bonds. The minimum Gasteiger partial charge on any atom is -0.480 e. The Morgan fingerprint density at radius 2 is 1.95 bits per heavy atom. The van der Waals surface area contributed by atoms with E-state index in [1.54, 1.807) is 18.2 Å². The van der Waals surface area contributed by atoms with Gasteiger partial charge in [-0.15, -0.1) is 0 Å². The highest BCUT2D eigenvalue weighted by Gasteiger charge is 2.21. The predicted molar refractivity (Wildman–Crippen MR) is 81.2 cm³/mol. The van der Waals surface area contributed by atoms with Gasteiger partial charge in [0.2, 0.25) is 0 Å². The van der Waals surface area contributed by atoms with Gasteiger partial charge in [0.25, 0.3) is 5.91 Å². The smallest absolute Gasteiger partial charge is 0.323 e. The summed E-state index contributed by atoms with van der Waals surface area (Å²) in [5.41, 5.74) is 0.293. The lowest BCUT2D eigenvalue weighted by Gasteiger charge is -2.23. The standard InChI is InChI=1S/C13H16BrClN2O3/c1-16(2)6-7-17(8-11(18)19)13(20)9-4-3-5-10(14)12(9)15/h3-5H,6-8H2,1-2H3,(H,18,19). The van der Waals surface area contributed by atoms with Crippen LogP contribution in [0, 0.1) is 0 Å². The van der Waals surface area contributed by atoms with E-state index in [1.807, 2.05) is 19.0 Å². The number of likely N-dealkylation sites (N-methyl/N-ethyl adjacent to an activating group) is 1. The molecule has 0 spiro atoms. The molecule has 0 radical (unpaired) electrons. The lowest BCUT2D eigenvalue weighted by molar-refractivity contribution is -0.137. The van der Waals surface area contributed by atoms with Gasteiger partial charge in [0.1, 0.15) is 6.54 Å². The fraction of sp³-hybridized carbons (Fsp3) is 0.385. The van der Waals surface area contributed by atoms with Gasteiger partial charge in [-0.1, -0.05) is 17.7 Å². The van der Waals surface area contributed by atoms with Gasteiger partial charge in [0.05, 0.1) is 10.6 Å². The third kappa shape index (κ3) is 4.77. The lowest BCUT2D eigenvalue weighted by atomic mass is 10.2. The summed E-state index contributed by atoms with van der Waals surface area (Å²) < 4.78 is 0.605. The van der Waals surface area contributed by atoms with Gasteiger partial charge >= 0.3 is 5.97 Å². The van der Waals surface area contributed by atoms with Crippen LogP contribution in [0.2, 0.25) is 5.02 Å². The third-order valence-corrected chi connectivity index (χ3v) is 3.91. The monoisotopic (exact) mass is 362 g/mol. The first-order chi connectivity index (χ1) is 9.32. The SMILES string of the molecule is CN(C)CCN(CC(=O)O)C(=O)c1cccc(Br)c1Cl. The van der Waals surface area contributed by atoms with Gasteiger partial charge in [0.15, 0.2) is 0 Å². The highest BCUT2D eigenvalue weighted by molar-refractivity contribution is 9.10. The van der Waals surface area contributed by atoms with Crippen molar-refractivity contribution in [2.75, 3.05) is 33.7 Å². The van der Waals surface area contributed by atoms with Crippen LogP contribution in [0.3, 0.4) is 0 Å². The number of benzene rings is 1. The molecule has 0 unspecified atom stereocenters. The van der Waals surface area contributed by atoms with E-state index in [0.717, 1.165) is 0 Å². The van der Waals surface area contributed by atoms with Crippen molar-refractivity contribution in [1.82, 2.24) is 9.80 Å². The van der Waals surface area contributed by atoms with Gasteiger partial charge in [-0.05, 0) is 42.2 Å². The summed E-state index contributed by atoms with van der Waals surface area (Å²) in [5, 5.41) is 9.21. The van der Waals surface area contributed by atoms with E-state index in [4.69, 9.17) is 16.7 Å². The van der Waals surface area contributed by atoms with E-state index in [2.05, 4.69) is 15.9 Å². The highest BCUT2D eigenvalue weighted by atomic mass is 79.9. The number of halogens is 2. The van der Waals surface area contributed by atoms with Crippen LogP contribution in [0.5, 0.6) is 0 Å². The number of carboxylic acids is 1. The van der Waals surface area contributed by atoms with Crippen LogP contribution < -0.4 is 0 Å². The van der Waals surface area contributed by atoms with E-state index in [0.29, 0.717) is 23.1 Å². The molecule has 1 N–H and O–H groups in total. The Labute approximate surface area is 131 Å². The molecule has 0 bridgehead atoms. The molecule has 1 aromatic carbocycles. The molecule has 1 aromatic rings. The average Bonchev–Trinajstić information content (AvgIpc) is 2.36. The summed E-state index contributed by atoms with van der Waals surface area (Å²) in [7, 11) is 3.71. The Hall–Kier alpha value is -1.11. The Morgan fingerprint density at radius 1 is 1.30 bits per heavy atom. The number of hydrogen-bond acceptors (Lipinski definition) is 3. The van der Waals surface area contributed by atoms with Gasteiger partial charge in [-0.2, -0.15) is 0 Å². The van der Waals surface area contributed by atoms with Gasteiger partial charge in [-0.25, -0.2) is 0 Å². The maximum Gasteiger partial charge on any atom is 0.323 e. The van der Waals surface area contributed by atoms with Crippen molar-refractivity contribution >= 4 is 39.4 Å². The first-order valence-corrected chi connectivity index (χ1v) is 7.10. The number of aliphatic carboxylic acids is 1. The summed E-state index contributed by atoms with van der Waals surface area (Å²) in [5.74, 6) is -1.44. The minimum atomic E-state index is -1.05. The zero-order valence-corrected chi connectivity index (χ0v) is 13.6. The number of carbonyl (C=O) groups is 2. The second-order valence-electron chi connectivity index (χ2n) is 4.53. The van der Waals surface area contributed by atoms with Crippen molar-refractivity contribution in [3.8, 4) is 0 Å². The predicted octanol–water partition coefficient (Wildman–Crippen LogP) is 2.19. The fourth-order valence-electron chi connectivity index (χ4n) is 1.58. The minimum absolute atomic E-state index is 0.290. The Morgan fingerprint density at radius 3 is 2.50 bits per heavy atom. The van der Waals surface area contributed by atoms with Crippen LogP contribution in [-0.2, 0) is 4.79 Å². The molecular weight excluding hydrogens is 348 g/mol. The zero-order chi connectivity index (χ0) is 15.3. The number of carboxylic acid groups (broad SMARTS) is 1. The third-order valence-electron chi connectivity index (χ3n) is 2.61. The van der Waals surface area contributed by atoms with Crippen LogP contribution >= 0.6 is 27.5 Å². The summed E-state index contributed by atoms with van der Waals surface area (Å²) >= 11 is 9.33. The molecule has 0 aliphatic carbocycles. The number of rotatable bonds is 6. The molecule has 20 heavy (non-hydrogen) atoms. The molecule has 1 rings (SSSR count). The molecule has 5 nitrogen and oxygen atoms in total. The van der Waals surface area contributed by atoms with E-state index >= 15 is 0 Å². The second-order valence-corrected chi connectivity index (χ2v) is 5.76. The Bertz CT molecular complexity index is 508. The summed E-state index contributed by atoms with van der Waals surface area (Å²) in [6.07, 6.45) is 0.